The number of non-ortho nitro benzene ring substituents is 1. The molecule has 0 unspecified atom stereocenters. The number of benzene rings is 1. The quantitative estimate of drug-likeness (QED) is 0.589. The Morgan fingerprint density at radius 3 is 2.90 bits per heavy atom. The lowest BCUT2D eigenvalue weighted by atomic mass is 10.2. The number of fused-ring (bicyclic) bond motifs is 1. The molecule has 0 spiro atoms. The molecule has 0 aliphatic heterocycles. The van der Waals surface area contributed by atoms with Crippen molar-refractivity contribution < 1.29 is 10.0 Å². The second-order valence-electron chi connectivity index (χ2n) is 4.74. The first kappa shape index (κ1) is 13.3. The molecule has 3 aromatic rings. The van der Waals surface area contributed by atoms with Gasteiger partial charge in [-0.25, -0.2) is 4.98 Å². The van der Waals surface area contributed by atoms with Crippen LogP contribution in [0.5, 0.6) is 0 Å². The van der Waals surface area contributed by atoms with Crippen LogP contribution in [0.25, 0.3) is 11.0 Å². The molecule has 0 amide bonds. The number of nitrogens with zero attached hydrogens (tertiary/aromatic N) is 3. The first-order chi connectivity index (χ1) is 10.2. The van der Waals surface area contributed by atoms with Gasteiger partial charge in [0.25, 0.3) is 5.69 Å². The summed E-state index contributed by atoms with van der Waals surface area (Å²) < 4.78 is 1.89. The molecule has 106 valence electrons. The van der Waals surface area contributed by atoms with Gasteiger partial charge >= 0.3 is 0 Å². The van der Waals surface area contributed by atoms with E-state index in [-0.39, 0.29) is 12.3 Å². The molecule has 1 N–H and O–H groups in total. The summed E-state index contributed by atoms with van der Waals surface area (Å²) in [6.45, 7) is 0.402. The summed E-state index contributed by atoms with van der Waals surface area (Å²) in [6.07, 6.45) is 3.52. The highest BCUT2D eigenvalue weighted by Crippen LogP contribution is 2.21. The summed E-state index contributed by atoms with van der Waals surface area (Å²) >= 11 is 0. The van der Waals surface area contributed by atoms with E-state index in [9.17, 15) is 15.2 Å². The lowest BCUT2D eigenvalue weighted by Gasteiger charge is -2.04. The zero-order valence-corrected chi connectivity index (χ0v) is 11.1. The van der Waals surface area contributed by atoms with Crippen LogP contribution in [0.3, 0.4) is 0 Å². The number of nitro groups is 1. The van der Waals surface area contributed by atoms with E-state index in [0.717, 1.165) is 22.2 Å². The van der Waals surface area contributed by atoms with Gasteiger partial charge in [-0.05, 0) is 17.7 Å². The number of rotatable bonds is 4. The minimum Gasteiger partial charge on any atom is -0.392 e. The predicted molar refractivity (Wildman–Crippen MR) is 77.9 cm³/mol. The molecular weight excluding hydrogens is 270 g/mol. The maximum Gasteiger partial charge on any atom is 0.269 e. The summed E-state index contributed by atoms with van der Waals surface area (Å²) in [5.74, 6) is 0. The molecule has 6 nitrogen and oxygen atoms in total. The highest BCUT2D eigenvalue weighted by atomic mass is 16.6. The molecule has 3 rings (SSSR count). The van der Waals surface area contributed by atoms with Gasteiger partial charge in [0.2, 0.25) is 0 Å². The lowest BCUT2D eigenvalue weighted by molar-refractivity contribution is -0.384. The molecule has 0 radical (unpaired) electrons. The van der Waals surface area contributed by atoms with Crippen LogP contribution < -0.4 is 0 Å². The number of aliphatic hydroxyl groups is 1. The number of hydrogen-bond donors (Lipinski definition) is 1. The van der Waals surface area contributed by atoms with E-state index in [4.69, 9.17) is 0 Å². The third kappa shape index (κ3) is 2.48. The van der Waals surface area contributed by atoms with Gasteiger partial charge < -0.3 is 9.67 Å². The summed E-state index contributed by atoms with van der Waals surface area (Å²) in [5, 5.41) is 21.1. The summed E-state index contributed by atoms with van der Waals surface area (Å²) in [4.78, 5) is 14.7. The van der Waals surface area contributed by atoms with Crippen LogP contribution in [-0.4, -0.2) is 19.6 Å². The van der Waals surface area contributed by atoms with Crippen molar-refractivity contribution in [2.24, 2.45) is 0 Å². The number of aromatic nitrogens is 2. The van der Waals surface area contributed by atoms with E-state index in [1.54, 1.807) is 18.3 Å². The van der Waals surface area contributed by atoms with Crippen LogP contribution in [0.4, 0.5) is 5.69 Å². The Morgan fingerprint density at radius 1 is 1.29 bits per heavy atom. The Balaban J connectivity index is 2.02. The van der Waals surface area contributed by atoms with Crippen molar-refractivity contribution >= 4 is 16.7 Å². The molecule has 2 heterocycles. The average molecular weight is 283 g/mol. The highest BCUT2D eigenvalue weighted by molar-refractivity contribution is 5.80. The largest absolute Gasteiger partial charge is 0.392 e. The van der Waals surface area contributed by atoms with Crippen molar-refractivity contribution in [3.63, 3.8) is 0 Å². The van der Waals surface area contributed by atoms with Gasteiger partial charge in [0.1, 0.15) is 5.65 Å². The molecule has 21 heavy (non-hydrogen) atoms. The molecule has 0 saturated heterocycles. The van der Waals surface area contributed by atoms with Crippen molar-refractivity contribution in [1.82, 2.24) is 9.55 Å². The Kier molecular flexibility index (Phi) is 3.37. The van der Waals surface area contributed by atoms with Crippen LogP contribution in [0, 0.1) is 10.1 Å². The van der Waals surface area contributed by atoms with Crippen molar-refractivity contribution in [3.8, 4) is 0 Å². The normalized spacial score (nSPS) is 10.9. The topological polar surface area (TPSA) is 81.2 Å². The first-order valence-electron chi connectivity index (χ1n) is 6.46. The Hall–Kier alpha value is -2.73. The van der Waals surface area contributed by atoms with Gasteiger partial charge in [-0.15, -0.1) is 0 Å². The first-order valence-corrected chi connectivity index (χ1v) is 6.46. The fourth-order valence-corrected chi connectivity index (χ4v) is 2.41. The number of nitro benzene ring substituents is 1. The fraction of sp³-hybridized carbons (Fsp3) is 0.133. The van der Waals surface area contributed by atoms with Crippen molar-refractivity contribution in [3.05, 3.63) is 70.0 Å². The fourth-order valence-electron chi connectivity index (χ4n) is 2.41. The van der Waals surface area contributed by atoms with Gasteiger partial charge in [0.05, 0.1) is 11.5 Å². The van der Waals surface area contributed by atoms with Gasteiger partial charge in [-0.2, -0.15) is 0 Å². The van der Waals surface area contributed by atoms with Crippen LogP contribution in [0.15, 0.2) is 48.8 Å². The van der Waals surface area contributed by atoms with E-state index >= 15 is 0 Å². The Bertz CT molecular complexity index is 811. The third-order valence-electron chi connectivity index (χ3n) is 3.36. The molecule has 0 fully saturated rings. The zero-order chi connectivity index (χ0) is 14.8. The van der Waals surface area contributed by atoms with Crippen LogP contribution in [-0.2, 0) is 13.2 Å². The summed E-state index contributed by atoms with van der Waals surface area (Å²) in [7, 11) is 0. The Morgan fingerprint density at radius 2 is 2.14 bits per heavy atom. The molecule has 6 heteroatoms. The molecular formula is C15H13N3O3. The van der Waals surface area contributed by atoms with E-state index in [0.29, 0.717) is 6.54 Å². The van der Waals surface area contributed by atoms with Crippen molar-refractivity contribution in [1.29, 1.82) is 0 Å². The molecule has 2 aromatic heterocycles. The molecule has 0 atom stereocenters. The number of hydrogen-bond acceptors (Lipinski definition) is 4. The summed E-state index contributed by atoms with van der Waals surface area (Å²) in [6, 6.07) is 10.2. The molecule has 0 aliphatic carbocycles. The maximum absolute atomic E-state index is 10.8. The van der Waals surface area contributed by atoms with Crippen molar-refractivity contribution in [2.45, 2.75) is 13.2 Å². The predicted octanol–water partition coefficient (Wildman–Crippen LogP) is 2.49. The van der Waals surface area contributed by atoms with E-state index in [1.165, 1.54) is 6.07 Å². The van der Waals surface area contributed by atoms with Gasteiger partial charge in [-0.1, -0.05) is 12.1 Å². The van der Waals surface area contributed by atoms with Crippen molar-refractivity contribution in [2.75, 3.05) is 0 Å². The zero-order valence-electron chi connectivity index (χ0n) is 11.1. The summed E-state index contributed by atoms with van der Waals surface area (Å²) in [5.41, 5.74) is 2.44. The average Bonchev–Trinajstić information content (AvgIpc) is 2.86. The lowest BCUT2D eigenvalue weighted by Crippen LogP contribution is -2.00. The minimum atomic E-state index is -0.408. The minimum absolute atomic E-state index is 0.0653. The molecule has 0 aliphatic rings. The van der Waals surface area contributed by atoms with Crippen LogP contribution in [0.1, 0.15) is 11.1 Å². The SMILES string of the molecule is O=[N+]([O-])c1cccc(Cn2cc(CO)c3cccnc32)c1. The van der Waals surface area contributed by atoms with E-state index in [1.807, 2.05) is 29.0 Å². The number of aliphatic hydroxyl groups excluding tert-OH is 1. The standard InChI is InChI=1S/C15H13N3O3/c19-10-12-9-17(15-14(12)5-2-6-16-15)8-11-3-1-4-13(7-11)18(20)21/h1-7,9,19H,8,10H2. The van der Waals surface area contributed by atoms with Crippen LogP contribution >= 0.6 is 0 Å². The maximum atomic E-state index is 10.8. The molecule has 1 aromatic carbocycles. The second kappa shape index (κ2) is 5.34. The monoisotopic (exact) mass is 283 g/mol. The van der Waals surface area contributed by atoms with Crippen LogP contribution in [0.2, 0.25) is 0 Å². The number of pyridine rings is 1. The van der Waals surface area contributed by atoms with E-state index in [2.05, 4.69) is 4.98 Å². The third-order valence-corrected chi connectivity index (χ3v) is 3.36. The second-order valence-corrected chi connectivity index (χ2v) is 4.74. The smallest absolute Gasteiger partial charge is 0.269 e. The van der Waals surface area contributed by atoms with E-state index < -0.39 is 4.92 Å². The molecule has 0 bridgehead atoms. The Labute approximate surface area is 120 Å². The molecule has 0 saturated carbocycles. The van der Waals surface area contributed by atoms with Gasteiger partial charge in [0.15, 0.2) is 0 Å². The van der Waals surface area contributed by atoms with Gasteiger partial charge in [0, 0.05) is 42.0 Å². The highest BCUT2D eigenvalue weighted by Gasteiger charge is 2.10. The van der Waals surface area contributed by atoms with Gasteiger partial charge in [-0.3, -0.25) is 10.1 Å².